The SMILES string of the molecule is CCOc1ccc(F)c(C(=O)N2CCC(CO)C2)c1F. The molecule has 2 rings (SSSR count). The van der Waals surface area contributed by atoms with E-state index in [0.29, 0.717) is 19.5 Å². The number of likely N-dealkylation sites (tertiary alicyclic amines) is 1. The van der Waals surface area contributed by atoms with Crippen LogP contribution in [-0.2, 0) is 0 Å². The Bertz CT molecular complexity index is 507. The predicted octanol–water partition coefficient (Wildman–Crippen LogP) is 1.82. The highest BCUT2D eigenvalue weighted by atomic mass is 19.1. The summed E-state index contributed by atoms with van der Waals surface area (Å²) in [5, 5.41) is 9.05. The molecule has 1 saturated heterocycles. The second-order valence-corrected chi connectivity index (χ2v) is 4.76. The summed E-state index contributed by atoms with van der Waals surface area (Å²) in [6.45, 7) is 2.58. The van der Waals surface area contributed by atoms with E-state index in [-0.39, 0.29) is 24.9 Å². The summed E-state index contributed by atoms with van der Waals surface area (Å²) >= 11 is 0. The van der Waals surface area contributed by atoms with Crippen molar-refractivity contribution >= 4 is 5.91 Å². The van der Waals surface area contributed by atoms with Crippen LogP contribution in [0.3, 0.4) is 0 Å². The molecule has 1 heterocycles. The van der Waals surface area contributed by atoms with Crippen molar-refractivity contribution in [3.8, 4) is 5.75 Å². The minimum atomic E-state index is -0.968. The Labute approximate surface area is 116 Å². The number of aliphatic hydroxyl groups excluding tert-OH is 1. The summed E-state index contributed by atoms with van der Waals surface area (Å²) < 4.78 is 32.9. The fraction of sp³-hybridized carbons (Fsp3) is 0.500. The van der Waals surface area contributed by atoms with Crippen LogP contribution in [-0.4, -0.2) is 42.2 Å². The van der Waals surface area contributed by atoms with Crippen LogP contribution in [0.25, 0.3) is 0 Å². The molecule has 110 valence electrons. The van der Waals surface area contributed by atoms with Crippen LogP contribution in [0.4, 0.5) is 8.78 Å². The van der Waals surface area contributed by atoms with E-state index in [1.807, 2.05) is 0 Å². The van der Waals surface area contributed by atoms with Crippen LogP contribution in [0.2, 0.25) is 0 Å². The zero-order valence-corrected chi connectivity index (χ0v) is 11.2. The highest BCUT2D eigenvalue weighted by Crippen LogP contribution is 2.26. The molecule has 0 aromatic heterocycles. The second kappa shape index (κ2) is 6.17. The Morgan fingerprint density at radius 2 is 2.25 bits per heavy atom. The molecule has 1 aromatic rings. The van der Waals surface area contributed by atoms with E-state index in [1.54, 1.807) is 6.92 Å². The maximum Gasteiger partial charge on any atom is 0.259 e. The first kappa shape index (κ1) is 14.7. The quantitative estimate of drug-likeness (QED) is 0.918. The average molecular weight is 285 g/mol. The van der Waals surface area contributed by atoms with Gasteiger partial charge in [0.15, 0.2) is 11.6 Å². The van der Waals surface area contributed by atoms with Crippen molar-refractivity contribution in [2.75, 3.05) is 26.3 Å². The van der Waals surface area contributed by atoms with E-state index in [1.165, 1.54) is 11.0 Å². The number of aliphatic hydroxyl groups is 1. The third-order valence-corrected chi connectivity index (χ3v) is 3.40. The van der Waals surface area contributed by atoms with Crippen LogP contribution in [0.1, 0.15) is 23.7 Å². The van der Waals surface area contributed by atoms with Crippen LogP contribution in [0, 0.1) is 17.6 Å². The number of nitrogens with zero attached hydrogens (tertiary/aromatic N) is 1. The molecule has 0 aliphatic carbocycles. The molecule has 4 nitrogen and oxygen atoms in total. The lowest BCUT2D eigenvalue weighted by atomic mass is 10.1. The molecule has 1 aliphatic heterocycles. The summed E-state index contributed by atoms with van der Waals surface area (Å²) in [7, 11) is 0. The van der Waals surface area contributed by atoms with E-state index in [0.717, 1.165) is 6.07 Å². The molecule has 1 aliphatic rings. The smallest absolute Gasteiger partial charge is 0.259 e. The van der Waals surface area contributed by atoms with Gasteiger partial charge in [-0.2, -0.15) is 0 Å². The number of benzene rings is 1. The number of carbonyl (C=O) groups excluding carboxylic acids is 1. The average Bonchev–Trinajstić information content (AvgIpc) is 2.91. The van der Waals surface area contributed by atoms with Crippen molar-refractivity contribution in [3.05, 3.63) is 29.3 Å². The molecule has 1 aromatic carbocycles. The van der Waals surface area contributed by atoms with Crippen LogP contribution < -0.4 is 4.74 Å². The Morgan fingerprint density at radius 1 is 1.50 bits per heavy atom. The molecule has 0 spiro atoms. The zero-order chi connectivity index (χ0) is 14.7. The maximum atomic E-state index is 14.1. The minimum absolute atomic E-state index is 0.0276. The third-order valence-electron chi connectivity index (χ3n) is 3.40. The van der Waals surface area contributed by atoms with Gasteiger partial charge in [-0.1, -0.05) is 0 Å². The summed E-state index contributed by atoms with van der Waals surface area (Å²) in [5.41, 5.74) is -0.588. The van der Waals surface area contributed by atoms with E-state index < -0.39 is 23.1 Å². The minimum Gasteiger partial charge on any atom is -0.491 e. The molecule has 6 heteroatoms. The standard InChI is InChI=1S/C14H17F2NO3/c1-2-20-11-4-3-10(15)12(13(11)16)14(19)17-6-5-9(7-17)8-18/h3-4,9,18H,2,5-8H2,1H3. The van der Waals surface area contributed by atoms with Gasteiger partial charge in [-0.05, 0) is 25.5 Å². The summed E-state index contributed by atoms with van der Waals surface area (Å²) in [6.07, 6.45) is 0.636. The van der Waals surface area contributed by atoms with Crippen molar-refractivity contribution in [2.45, 2.75) is 13.3 Å². The molecular weight excluding hydrogens is 268 g/mol. The molecule has 20 heavy (non-hydrogen) atoms. The normalized spacial score (nSPS) is 18.4. The van der Waals surface area contributed by atoms with Gasteiger partial charge in [0, 0.05) is 25.6 Å². The number of rotatable bonds is 4. The number of hydrogen-bond donors (Lipinski definition) is 1. The second-order valence-electron chi connectivity index (χ2n) is 4.76. The topological polar surface area (TPSA) is 49.8 Å². The first-order valence-electron chi connectivity index (χ1n) is 6.59. The van der Waals surface area contributed by atoms with Crippen LogP contribution in [0.15, 0.2) is 12.1 Å². The van der Waals surface area contributed by atoms with E-state index >= 15 is 0 Å². The van der Waals surface area contributed by atoms with Crippen molar-refractivity contribution in [3.63, 3.8) is 0 Å². The maximum absolute atomic E-state index is 14.1. The number of carbonyl (C=O) groups is 1. The van der Waals surface area contributed by atoms with Crippen molar-refractivity contribution < 1.29 is 23.4 Å². The van der Waals surface area contributed by atoms with Gasteiger partial charge >= 0.3 is 0 Å². The molecule has 1 unspecified atom stereocenters. The van der Waals surface area contributed by atoms with Gasteiger partial charge in [0.25, 0.3) is 5.91 Å². The van der Waals surface area contributed by atoms with Gasteiger partial charge in [-0.3, -0.25) is 4.79 Å². The molecule has 1 N–H and O–H groups in total. The fourth-order valence-corrected chi connectivity index (χ4v) is 2.32. The fourth-order valence-electron chi connectivity index (χ4n) is 2.32. The Morgan fingerprint density at radius 3 is 2.85 bits per heavy atom. The van der Waals surface area contributed by atoms with Gasteiger partial charge in [-0.15, -0.1) is 0 Å². The van der Waals surface area contributed by atoms with Crippen molar-refractivity contribution in [1.29, 1.82) is 0 Å². The van der Waals surface area contributed by atoms with Gasteiger partial charge in [0.05, 0.1) is 6.61 Å². The predicted molar refractivity (Wildman–Crippen MR) is 68.6 cm³/mol. The number of hydrogen-bond acceptors (Lipinski definition) is 3. The van der Waals surface area contributed by atoms with Crippen LogP contribution in [0.5, 0.6) is 5.75 Å². The van der Waals surface area contributed by atoms with Crippen LogP contribution >= 0.6 is 0 Å². The van der Waals surface area contributed by atoms with E-state index in [4.69, 9.17) is 9.84 Å². The number of ether oxygens (including phenoxy) is 1. The zero-order valence-electron chi connectivity index (χ0n) is 11.2. The summed E-state index contributed by atoms with van der Waals surface area (Å²) in [4.78, 5) is 13.6. The molecule has 1 atom stereocenters. The monoisotopic (exact) mass is 285 g/mol. The largest absolute Gasteiger partial charge is 0.491 e. The number of halogens is 2. The van der Waals surface area contributed by atoms with Gasteiger partial charge in [0.2, 0.25) is 0 Å². The third kappa shape index (κ3) is 2.75. The highest BCUT2D eigenvalue weighted by Gasteiger charge is 2.31. The first-order chi connectivity index (χ1) is 9.58. The number of amides is 1. The van der Waals surface area contributed by atoms with Gasteiger partial charge in [0.1, 0.15) is 11.4 Å². The van der Waals surface area contributed by atoms with Crippen molar-refractivity contribution in [2.24, 2.45) is 5.92 Å². The van der Waals surface area contributed by atoms with Gasteiger partial charge < -0.3 is 14.7 Å². The molecular formula is C14H17F2NO3. The summed E-state index contributed by atoms with van der Waals surface area (Å²) in [5.74, 6) is -2.72. The molecule has 0 radical (unpaired) electrons. The Hall–Kier alpha value is -1.69. The van der Waals surface area contributed by atoms with E-state index in [2.05, 4.69) is 0 Å². The molecule has 1 fully saturated rings. The molecule has 1 amide bonds. The van der Waals surface area contributed by atoms with E-state index in [9.17, 15) is 13.6 Å². The van der Waals surface area contributed by atoms with Gasteiger partial charge in [-0.25, -0.2) is 8.78 Å². The lowest BCUT2D eigenvalue weighted by Gasteiger charge is -2.18. The highest BCUT2D eigenvalue weighted by molar-refractivity contribution is 5.95. The lowest BCUT2D eigenvalue weighted by molar-refractivity contribution is 0.0771. The molecule has 0 saturated carbocycles. The van der Waals surface area contributed by atoms with Crippen molar-refractivity contribution in [1.82, 2.24) is 4.90 Å². The lowest BCUT2D eigenvalue weighted by Crippen LogP contribution is -2.30. The Kier molecular flexibility index (Phi) is 4.54. The molecule has 0 bridgehead atoms. The Balaban J connectivity index is 2.27. The first-order valence-corrected chi connectivity index (χ1v) is 6.59. The summed E-state index contributed by atoms with van der Waals surface area (Å²) in [6, 6.07) is 2.20.